The van der Waals surface area contributed by atoms with Crippen molar-refractivity contribution in [3.8, 4) is 17.2 Å². The summed E-state index contributed by atoms with van der Waals surface area (Å²) in [6, 6.07) is 13.1. The Hall–Kier alpha value is -3.63. The summed E-state index contributed by atoms with van der Waals surface area (Å²) in [5.41, 5.74) is 1.41. The monoisotopic (exact) mass is 470 g/mol. The molecule has 3 aromatic rings. The van der Waals surface area contributed by atoms with Gasteiger partial charge < -0.3 is 40.5 Å². The summed E-state index contributed by atoms with van der Waals surface area (Å²) in [6.07, 6.45) is -1.04. The highest BCUT2D eigenvalue weighted by Crippen LogP contribution is 2.39. The molecule has 0 amide bonds. The number of ether oxygens (including phenoxy) is 1. The van der Waals surface area contributed by atoms with Crippen LogP contribution in [0.25, 0.3) is 0 Å². The summed E-state index contributed by atoms with van der Waals surface area (Å²) >= 11 is 0. The number of carboxylic acid groups (broad SMARTS) is 1. The van der Waals surface area contributed by atoms with Crippen LogP contribution >= 0.6 is 0 Å². The number of aromatic hydroxyl groups is 2. The zero-order chi connectivity index (χ0) is 24.8. The number of hydrogen-bond acceptors (Lipinski definition) is 8. The summed E-state index contributed by atoms with van der Waals surface area (Å²) < 4.78 is 6.02. The molecule has 0 saturated carbocycles. The molecule has 0 heterocycles. The highest BCUT2D eigenvalue weighted by atomic mass is 16.5. The summed E-state index contributed by atoms with van der Waals surface area (Å²) in [5.74, 6) is -2.22. The second-order valence-electron chi connectivity index (χ2n) is 7.66. The molecule has 0 aliphatic carbocycles. The first-order chi connectivity index (χ1) is 16.3. The van der Waals surface area contributed by atoms with Crippen LogP contribution in [0.1, 0.15) is 44.1 Å². The topological polar surface area (TPSA) is 168 Å². The summed E-state index contributed by atoms with van der Waals surface area (Å²) in [4.78, 5) is 11.3. The number of benzene rings is 3. The van der Waals surface area contributed by atoms with Crippen molar-refractivity contribution in [1.29, 1.82) is 0 Å². The first-order valence-electron chi connectivity index (χ1n) is 10.4. The molecule has 0 aromatic heterocycles. The van der Waals surface area contributed by atoms with Crippen LogP contribution in [0.2, 0.25) is 0 Å². The fourth-order valence-corrected chi connectivity index (χ4v) is 3.83. The molecule has 3 aromatic carbocycles. The Morgan fingerprint density at radius 1 is 0.824 bits per heavy atom. The quantitative estimate of drug-likeness (QED) is 0.234. The number of aliphatic hydroxyl groups excluding tert-OH is 4. The minimum atomic E-state index is -1.18. The molecule has 2 unspecified atom stereocenters. The van der Waals surface area contributed by atoms with Crippen molar-refractivity contribution in [3.05, 3.63) is 88.0 Å². The van der Waals surface area contributed by atoms with Gasteiger partial charge >= 0.3 is 5.97 Å². The molecule has 0 spiro atoms. The van der Waals surface area contributed by atoms with E-state index in [2.05, 4.69) is 0 Å². The number of carbonyl (C=O) groups is 1. The van der Waals surface area contributed by atoms with E-state index >= 15 is 0 Å². The standard InChI is InChI=1S/C25H26O9/c26-10-16-2-1-3-19(24(16)31)23(14-4-6-20(30)17(8-14)11-27)22(13-29)34-21-7-5-15(25(32)33)9-18(21)12-28/h1-9,22-23,26-31H,10-13H2,(H,32,33). The fourth-order valence-electron chi connectivity index (χ4n) is 3.83. The number of para-hydroxylation sites is 1. The second kappa shape index (κ2) is 11.0. The number of phenols is 2. The molecule has 3 rings (SSSR count). The van der Waals surface area contributed by atoms with E-state index in [1.54, 1.807) is 18.2 Å². The van der Waals surface area contributed by atoms with Crippen molar-refractivity contribution in [2.24, 2.45) is 0 Å². The van der Waals surface area contributed by atoms with Crippen LogP contribution in [0.4, 0.5) is 0 Å². The number of aromatic carboxylic acids is 1. The van der Waals surface area contributed by atoms with Gasteiger partial charge in [0.1, 0.15) is 23.4 Å². The maximum Gasteiger partial charge on any atom is 0.335 e. The van der Waals surface area contributed by atoms with Gasteiger partial charge in [-0.3, -0.25) is 0 Å². The molecule has 2 atom stereocenters. The molecule has 180 valence electrons. The highest BCUT2D eigenvalue weighted by Gasteiger charge is 2.30. The van der Waals surface area contributed by atoms with E-state index in [1.807, 2.05) is 0 Å². The molecule has 0 radical (unpaired) electrons. The van der Waals surface area contributed by atoms with Crippen molar-refractivity contribution in [3.63, 3.8) is 0 Å². The largest absolute Gasteiger partial charge is 0.508 e. The van der Waals surface area contributed by atoms with E-state index in [4.69, 9.17) is 4.74 Å². The number of aliphatic hydroxyl groups is 4. The van der Waals surface area contributed by atoms with Gasteiger partial charge in [0.25, 0.3) is 0 Å². The number of hydrogen-bond donors (Lipinski definition) is 7. The Balaban J connectivity index is 2.14. The first kappa shape index (κ1) is 25.0. The average molecular weight is 470 g/mol. The van der Waals surface area contributed by atoms with E-state index in [9.17, 15) is 40.5 Å². The number of rotatable bonds is 10. The lowest BCUT2D eigenvalue weighted by Gasteiger charge is -2.29. The number of carboxylic acids is 1. The minimum Gasteiger partial charge on any atom is -0.508 e. The molecule has 7 N–H and O–H groups in total. The van der Waals surface area contributed by atoms with Gasteiger partial charge in [-0.25, -0.2) is 4.79 Å². The third kappa shape index (κ3) is 5.13. The smallest absolute Gasteiger partial charge is 0.335 e. The molecule has 0 bridgehead atoms. The lowest BCUT2D eigenvalue weighted by atomic mass is 9.84. The first-order valence-corrected chi connectivity index (χ1v) is 10.4. The lowest BCUT2D eigenvalue weighted by molar-refractivity contribution is 0.0696. The third-order valence-corrected chi connectivity index (χ3v) is 5.60. The van der Waals surface area contributed by atoms with E-state index in [-0.39, 0.29) is 39.5 Å². The van der Waals surface area contributed by atoms with Crippen LogP contribution in [0.15, 0.2) is 54.6 Å². The molecule has 0 aliphatic heterocycles. The van der Waals surface area contributed by atoms with Gasteiger partial charge in [-0.15, -0.1) is 0 Å². The Morgan fingerprint density at radius 3 is 2.15 bits per heavy atom. The SMILES string of the molecule is O=C(O)c1ccc(OC(CO)C(c2ccc(O)c(CO)c2)c2cccc(CO)c2O)c(CO)c1. The van der Waals surface area contributed by atoms with E-state index in [1.165, 1.54) is 36.4 Å². The zero-order valence-electron chi connectivity index (χ0n) is 18.1. The van der Waals surface area contributed by atoms with Crippen molar-refractivity contribution in [2.45, 2.75) is 31.8 Å². The predicted molar refractivity (Wildman–Crippen MR) is 121 cm³/mol. The van der Waals surface area contributed by atoms with Crippen molar-refractivity contribution < 1.29 is 45.3 Å². The third-order valence-electron chi connectivity index (χ3n) is 5.60. The highest BCUT2D eigenvalue weighted by molar-refractivity contribution is 5.88. The average Bonchev–Trinajstić information content (AvgIpc) is 2.85. The van der Waals surface area contributed by atoms with Crippen LogP contribution in [0.5, 0.6) is 17.2 Å². The van der Waals surface area contributed by atoms with Crippen LogP contribution in [-0.2, 0) is 19.8 Å². The van der Waals surface area contributed by atoms with E-state index < -0.39 is 44.4 Å². The van der Waals surface area contributed by atoms with Gasteiger partial charge in [0.15, 0.2) is 0 Å². The Bertz CT molecular complexity index is 1160. The summed E-state index contributed by atoms with van der Waals surface area (Å²) in [6.45, 7) is -1.95. The van der Waals surface area contributed by atoms with Gasteiger partial charge in [0, 0.05) is 22.3 Å². The van der Waals surface area contributed by atoms with Crippen LogP contribution in [0.3, 0.4) is 0 Å². The van der Waals surface area contributed by atoms with Gasteiger partial charge in [-0.1, -0.05) is 24.3 Å². The second-order valence-corrected chi connectivity index (χ2v) is 7.66. The molecular weight excluding hydrogens is 444 g/mol. The summed E-state index contributed by atoms with van der Waals surface area (Å²) in [5, 5.41) is 69.2. The maximum absolute atomic E-state index is 11.3. The van der Waals surface area contributed by atoms with Crippen molar-refractivity contribution >= 4 is 5.97 Å². The molecule has 34 heavy (non-hydrogen) atoms. The maximum atomic E-state index is 11.3. The van der Waals surface area contributed by atoms with Gasteiger partial charge in [-0.2, -0.15) is 0 Å². The summed E-state index contributed by atoms with van der Waals surface area (Å²) in [7, 11) is 0. The van der Waals surface area contributed by atoms with Crippen LogP contribution in [0, 0.1) is 0 Å². The van der Waals surface area contributed by atoms with Gasteiger partial charge in [-0.05, 0) is 35.9 Å². The minimum absolute atomic E-state index is 0.0482. The van der Waals surface area contributed by atoms with Gasteiger partial charge in [0.05, 0.1) is 37.9 Å². The Morgan fingerprint density at radius 2 is 1.53 bits per heavy atom. The fraction of sp³-hybridized carbons (Fsp3) is 0.240. The van der Waals surface area contributed by atoms with Crippen LogP contribution < -0.4 is 4.74 Å². The van der Waals surface area contributed by atoms with Gasteiger partial charge in [0.2, 0.25) is 0 Å². The van der Waals surface area contributed by atoms with Crippen molar-refractivity contribution in [2.75, 3.05) is 6.61 Å². The lowest BCUT2D eigenvalue weighted by Crippen LogP contribution is -2.31. The predicted octanol–water partition coefficient (Wildman–Crippen LogP) is 1.84. The Kier molecular flexibility index (Phi) is 8.08. The van der Waals surface area contributed by atoms with Crippen LogP contribution in [-0.4, -0.2) is 54.4 Å². The van der Waals surface area contributed by atoms with E-state index in [0.29, 0.717) is 11.1 Å². The Labute approximate surface area is 195 Å². The molecule has 0 fully saturated rings. The van der Waals surface area contributed by atoms with E-state index in [0.717, 1.165) is 0 Å². The normalized spacial score (nSPS) is 12.8. The molecular formula is C25H26O9. The molecule has 9 heteroatoms. The molecule has 9 nitrogen and oxygen atoms in total. The zero-order valence-corrected chi connectivity index (χ0v) is 18.1. The van der Waals surface area contributed by atoms with Crippen molar-refractivity contribution in [1.82, 2.24) is 0 Å². The molecule has 0 aliphatic rings. The molecule has 0 saturated heterocycles.